The smallest absolute Gasteiger partial charge is 0.252 e. The van der Waals surface area contributed by atoms with Crippen molar-refractivity contribution in [1.82, 2.24) is 20.1 Å². The fourth-order valence-corrected chi connectivity index (χ4v) is 6.75. The van der Waals surface area contributed by atoms with E-state index in [1.807, 2.05) is 59.5 Å². The van der Waals surface area contributed by atoms with Gasteiger partial charge in [-0.1, -0.05) is 30.7 Å². The van der Waals surface area contributed by atoms with Crippen LogP contribution in [0.3, 0.4) is 0 Å². The van der Waals surface area contributed by atoms with Gasteiger partial charge in [-0.15, -0.1) is 11.3 Å². The van der Waals surface area contributed by atoms with Gasteiger partial charge in [0.05, 0.1) is 32.9 Å². The summed E-state index contributed by atoms with van der Waals surface area (Å²) in [5, 5.41) is 11.0. The van der Waals surface area contributed by atoms with Crippen molar-refractivity contribution in [3.05, 3.63) is 65.2 Å². The first kappa shape index (κ1) is 20.6. The molecule has 6 rings (SSSR count). The van der Waals surface area contributed by atoms with E-state index < -0.39 is 0 Å². The van der Waals surface area contributed by atoms with Gasteiger partial charge in [0, 0.05) is 6.04 Å². The molecule has 3 heterocycles. The maximum Gasteiger partial charge on any atom is 0.252 e. The highest BCUT2D eigenvalue weighted by molar-refractivity contribution is 7.13. The summed E-state index contributed by atoms with van der Waals surface area (Å²) in [5.74, 6) is 2.21. The molecule has 0 spiro atoms. The Bertz CT molecular complexity index is 1310. The molecule has 168 valence electrons. The molecule has 0 saturated heterocycles. The van der Waals surface area contributed by atoms with Gasteiger partial charge in [-0.2, -0.15) is 5.10 Å². The lowest BCUT2D eigenvalue weighted by Crippen LogP contribution is -2.40. The van der Waals surface area contributed by atoms with Gasteiger partial charge in [0.1, 0.15) is 0 Å². The van der Waals surface area contributed by atoms with Crippen LogP contribution in [0, 0.1) is 24.7 Å². The van der Waals surface area contributed by atoms with E-state index in [9.17, 15) is 4.79 Å². The summed E-state index contributed by atoms with van der Waals surface area (Å²) < 4.78 is 1.86. The zero-order valence-corrected chi connectivity index (χ0v) is 19.8. The molecule has 6 heteroatoms. The maximum absolute atomic E-state index is 13.7. The predicted octanol–water partition coefficient (Wildman–Crippen LogP) is 6.01. The number of pyridine rings is 1. The Balaban J connectivity index is 1.43. The molecule has 1 N–H and O–H groups in total. The molecule has 3 aromatic heterocycles. The number of fused-ring (bicyclic) bond motifs is 3. The van der Waals surface area contributed by atoms with Crippen molar-refractivity contribution in [2.24, 2.45) is 17.8 Å². The number of amides is 1. The highest BCUT2D eigenvalue weighted by atomic mass is 32.1. The Morgan fingerprint density at radius 2 is 2.00 bits per heavy atom. The Labute approximate surface area is 197 Å². The van der Waals surface area contributed by atoms with E-state index in [1.54, 1.807) is 11.3 Å². The quantitative estimate of drug-likeness (QED) is 0.400. The summed E-state index contributed by atoms with van der Waals surface area (Å²) in [7, 11) is 0. The molecule has 2 aliphatic carbocycles. The third-order valence-corrected chi connectivity index (χ3v) is 8.52. The third-order valence-electron chi connectivity index (χ3n) is 7.63. The molecule has 1 amide bonds. The zero-order chi connectivity index (χ0) is 22.5. The fourth-order valence-electron chi connectivity index (χ4n) is 6.07. The van der Waals surface area contributed by atoms with Crippen molar-refractivity contribution in [1.29, 1.82) is 0 Å². The molecule has 0 unspecified atom stereocenters. The van der Waals surface area contributed by atoms with E-state index in [0.717, 1.165) is 44.8 Å². The molecule has 2 fully saturated rings. The Morgan fingerprint density at radius 3 is 2.70 bits per heavy atom. The molecule has 2 aliphatic rings. The lowest BCUT2D eigenvalue weighted by Gasteiger charge is -2.28. The van der Waals surface area contributed by atoms with Crippen LogP contribution in [-0.4, -0.2) is 26.7 Å². The number of benzene rings is 1. The molecule has 2 bridgehead atoms. The number of para-hydroxylation sites is 1. The van der Waals surface area contributed by atoms with Crippen LogP contribution in [0.5, 0.6) is 0 Å². The van der Waals surface area contributed by atoms with E-state index in [2.05, 4.69) is 18.3 Å². The summed E-state index contributed by atoms with van der Waals surface area (Å²) >= 11 is 1.63. The molecule has 0 aliphatic heterocycles. The Hall–Kier alpha value is -2.99. The number of carbonyl (C=O) groups is 1. The lowest BCUT2D eigenvalue weighted by molar-refractivity contribution is 0.0917. The van der Waals surface area contributed by atoms with Gasteiger partial charge in [-0.05, 0) is 80.5 Å². The molecule has 5 nitrogen and oxygen atoms in total. The van der Waals surface area contributed by atoms with Crippen molar-refractivity contribution in [3.63, 3.8) is 0 Å². The molecule has 2 saturated carbocycles. The normalized spacial score (nSPS) is 22.7. The number of nitrogens with zero attached hydrogens (tertiary/aromatic N) is 3. The van der Waals surface area contributed by atoms with Gasteiger partial charge >= 0.3 is 0 Å². The first-order valence-electron chi connectivity index (χ1n) is 11.9. The van der Waals surface area contributed by atoms with Crippen molar-refractivity contribution in [2.75, 3.05) is 0 Å². The highest BCUT2D eigenvalue weighted by Crippen LogP contribution is 2.49. The average Bonchev–Trinajstić information content (AvgIpc) is 3.63. The molecular formula is C27H28N4OS. The van der Waals surface area contributed by atoms with Gasteiger partial charge in [0.2, 0.25) is 0 Å². The Morgan fingerprint density at radius 1 is 1.15 bits per heavy atom. The molecule has 4 aromatic rings. The number of rotatable bonds is 5. The van der Waals surface area contributed by atoms with Gasteiger partial charge in [0.25, 0.3) is 5.91 Å². The van der Waals surface area contributed by atoms with Crippen LogP contribution in [0.2, 0.25) is 0 Å². The molecular weight excluding hydrogens is 428 g/mol. The van der Waals surface area contributed by atoms with Crippen LogP contribution in [0.4, 0.5) is 0 Å². The van der Waals surface area contributed by atoms with Crippen molar-refractivity contribution < 1.29 is 4.79 Å². The van der Waals surface area contributed by atoms with Crippen molar-refractivity contribution in [3.8, 4) is 16.3 Å². The average molecular weight is 457 g/mol. The fraction of sp³-hybridized carbons (Fsp3) is 0.370. The van der Waals surface area contributed by atoms with Crippen molar-refractivity contribution >= 4 is 28.3 Å². The maximum atomic E-state index is 13.7. The molecule has 1 aromatic carbocycles. The number of hydrogen-bond acceptors (Lipinski definition) is 4. The van der Waals surface area contributed by atoms with Crippen LogP contribution in [0.1, 0.15) is 48.7 Å². The zero-order valence-electron chi connectivity index (χ0n) is 19.0. The topological polar surface area (TPSA) is 59.8 Å². The van der Waals surface area contributed by atoms with E-state index in [4.69, 9.17) is 10.1 Å². The van der Waals surface area contributed by atoms with Crippen LogP contribution < -0.4 is 5.32 Å². The van der Waals surface area contributed by atoms with E-state index in [0.29, 0.717) is 11.5 Å². The van der Waals surface area contributed by atoms with Gasteiger partial charge in [0.15, 0.2) is 5.65 Å². The van der Waals surface area contributed by atoms with Crippen LogP contribution >= 0.6 is 11.3 Å². The van der Waals surface area contributed by atoms with E-state index in [-0.39, 0.29) is 11.9 Å². The monoisotopic (exact) mass is 456 g/mol. The first-order valence-corrected chi connectivity index (χ1v) is 12.8. The SMILES string of the molecule is Cc1nn(-c2ccccc2)c2nc(-c3cccs3)cc(C(=O)N[C@H](C)[C@H]3C[C@@H]4CC[C@@H]3C4)c12. The number of carbonyl (C=O) groups excluding carboxylic acids is 1. The minimum atomic E-state index is -0.0220. The summed E-state index contributed by atoms with van der Waals surface area (Å²) in [6, 6.07) is 16.2. The summed E-state index contributed by atoms with van der Waals surface area (Å²) in [4.78, 5) is 19.7. The second-order valence-electron chi connectivity index (χ2n) is 9.66. The molecule has 4 atom stereocenters. The van der Waals surface area contributed by atoms with Crippen LogP contribution in [0.25, 0.3) is 27.3 Å². The standard InChI is InChI=1S/C27H28N4OS/c1-16(21-14-18-10-11-19(21)13-18)28-27(32)22-15-23(24-9-6-12-33-24)29-26-25(22)17(2)30-31(26)20-7-4-3-5-8-20/h3-9,12,15-16,18-19,21H,10-11,13-14H2,1-2H3,(H,28,32)/t16-,18-,19-,21-/m1/s1. The molecule has 0 radical (unpaired) electrons. The largest absolute Gasteiger partial charge is 0.349 e. The summed E-state index contributed by atoms with van der Waals surface area (Å²) in [6.07, 6.45) is 5.29. The lowest BCUT2D eigenvalue weighted by atomic mass is 9.84. The van der Waals surface area contributed by atoms with Gasteiger partial charge < -0.3 is 5.32 Å². The number of aromatic nitrogens is 3. The summed E-state index contributed by atoms with van der Waals surface area (Å²) in [5.41, 5.74) is 3.96. The summed E-state index contributed by atoms with van der Waals surface area (Å²) in [6.45, 7) is 4.15. The van der Waals surface area contributed by atoms with Crippen LogP contribution in [0.15, 0.2) is 53.9 Å². The van der Waals surface area contributed by atoms with Crippen molar-refractivity contribution in [2.45, 2.75) is 45.6 Å². The van der Waals surface area contributed by atoms with Gasteiger partial charge in [-0.25, -0.2) is 9.67 Å². The van der Waals surface area contributed by atoms with E-state index in [1.165, 1.54) is 25.7 Å². The third kappa shape index (κ3) is 3.57. The minimum absolute atomic E-state index is 0.0220. The predicted molar refractivity (Wildman–Crippen MR) is 133 cm³/mol. The minimum Gasteiger partial charge on any atom is -0.349 e. The Kier molecular flexibility index (Phi) is 5.06. The number of nitrogens with one attached hydrogen (secondary N) is 1. The van der Waals surface area contributed by atoms with E-state index >= 15 is 0 Å². The second kappa shape index (κ2) is 8.10. The number of aryl methyl sites for hydroxylation is 1. The number of thiophene rings is 1. The number of hydrogen-bond donors (Lipinski definition) is 1. The van der Waals surface area contributed by atoms with Gasteiger partial charge in [-0.3, -0.25) is 4.79 Å². The van der Waals surface area contributed by atoms with Crippen LogP contribution in [-0.2, 0) is 0 Å². The molecule has 33 heavy (non-hydrogen) atoms. The first-order chi connectivity index (χ1) is 16.1. The highest BCUT2D eigenvalue weighted by Gasteiger charge is 2.42. The second-order valence-corrected chi connectivity index (χ2v) is 10.6.